The maximum absolute atomic E-state index is 12.5. The molecule has 7 heteroatoms. The summed E-state index contributed by atoms with van der Waals surface area (Å²) in [6.45, 7) is 4.21. The highest BCUT2D eigenvalue weighted by Gasteiger charge is 2.17. The van der Waals surface area contributed by atoms with Crippen molar-refractivity contribution < 1.29 is 22.7 Å². The molecule has 0 aliphatic rings. The molecule has 0 radical (unpaired) electrons. The smallest absolute Gasteiger partial charge is 0.338 e. The number of sulfonamides is 1. The lowest BCUT2D eigenvalue weighted by atomic mass is 10.2. The van der Waals surface area contributed by atoms with E-state index < -0.39 is 16.0 Å². The number of hydrogen-bond donors (Lipinski definition) is 1. The molecule has 0 aliphatic heterocycles. The van der Waals surface area contributed by atoms with Crippen molar-refractivity contribution in [3.8, 4) is 5.75 Å². The fourth-order valence-corrected chi connectivity index (χ4v) is 3.09. The largest absolute Gasteiger partial charge is 0.492 e. The number of esters is 1. The number of carbonyl (C=O) groups excluding carboxylic acids is 1. The van der Waals surface area contributed by atoms with Gasteiger partial charge in [-0.3, -0.25) is 4.72 Å². The topological polar surface area (TPSA) is 81.7 Å². The van der Waals surface area contributed by atoms with Gasteiger partial charge in [0.25, 0.3) is 10.0 Å². The first-order chi connectivity index (χ1) is 11.5. The van der Waals surface area contributed by atoms with Gasteiger partial charge in [0.2, 0.25) is 0 Å². The van der Waals surface area contributed by atoms with E-state index in [1.54, 1.807) is 31.2 Å². The van der Waals surface area contributed by atoms with Crippen molar-refractivity contribution in [1.82, 2.24) is 0 Å². The lowest BCUT2D eigenvalue weighted by molar-refractivity contribution is 0.0526. The average molecular weight is 349 g/mol. The summed E-state index contributed by atoms with van der Waals surface area (Å²) in [6.07, 6.45) is 0. The maximum Gasteiger partial charge on any atom is 0.338 e. The molecule has 128 valence electrons. The second kappa shape index (κ2) is 7.83. The third-order valence-electron chi connectivity index (χ3n) is 3.11. The molecular formula is C17H19NO5S. The van der Waals surface area contributed by atoms with E-state index in [9.17, 15) is 13.2 Å². The Balaban J connectivity index is 2.23. The lowest BCUT2D eigenvalue weighted by Gasteiger charge is -2.13. The number of para-hydroxylation sites is 2. The van der Waals surface area contributed by atoms with Crippen molar-refractivity contribution in [3.05, 3.63) is 54.1 Å². The van der Waals surface area contributed by atoms with Crippen LogP contribution in [0.5, 0.6) is 5.75 Å². The molecule has 0 fully saturated rings. The highest BCUT2D eigenvalue weighted by molar-refractivity contribution is 7.92. The Morgan fingerprint density at radius 3 is 2.29 bits per heavy atom. The van der Waals surface area contributed by atoms with E-state index in [0.29, 0.717) is 23.6 Å². The summed E-state index contributed by atoms with van der Waals surface area (Å²) >= 11 is 0. The van der Waals surface area contributed by atoms with E-state index in [-0.39, 0.29) is 11.5 Å². The van der Waals surface area contributed by atoms with Crippen LogP contribution in [0.4, 0.5) is 5.69 Å². The summed E-state index contributed by atoms with van der Waals surface area (Å²) < 4.78 is 37.7. The third kappa shape index (κ3) is 4.26. The Labute approximate surface area is 141 Å². The molecule has 2 rings (SSSR count). The van der Waals surface area contributed by atoms with Crippen LogP contribution >= 0.6 is 0 Å². The van der Waals surface area contributed by atoms with Crippen molar-refractivity contribution in [2.45, 2.75) is 18.7 Å². The molecule has 0 saturated carbocycles. The molecule has 6 nitrogen and oxygen atoms in total. The molecule has 0 spiro atoms. The van der Waals surface area contributed by atoms with Crippen LogP contribution in [-0.4, -0.2) is 27.6 Å². The molecule has 1 N–H and O–H groups in total. The van der Waals surface area contributed by atoms with E-state index in [0.717, 1.165) is 0 Å². The Morgan fingerprint density at radius 2 is 1.67 bits per heavy atom. The van der Waals surface area contributed by atoms with Crippen molar-refractivity contribution in [2.24, 2.45) is 0 Å². The van der Waals surface area contributed by atoms with Crippen LogP contribution in [0, 0.1) is 0 Å². The van der Waals surface area contributed by atoms with Gasteiger partial charge < -0.3 is 9.47 Å². The first-order valence-electron chi connectivity index (χ1n) is 7.49. The van der Waals surface area contributed by atoms with Gasteiger partial charge in [-0.25, -0.2) is 13.2 Å². The van der Waals surface area contributed by atoms with E-state index in [2.05, 4.69) is 4.72 Å². The Kier molecular flexibility index (Phi) is 5.81. The third-order valence-corrected chi connectivity index (χ3v) is 4.49. The molecule has 2 aromatic rings. The van der Waals surface area contributed by atoms with Crippen LogP contribution in [0.15, 0.2) is 53.4 Å². The molecule has 0 heterocycles. The van der Waals surface area contributed by atoms with Crippen LogP contribution < -0.4 is 9.46 Å². The van der Waals surface area contributed by atoms with Gasteiger partial charge in [0.15, 0.2) is 0 Å². The Hall–Kier alpha value is -2.54. The second-order valence-electron chi connectivity index (χ2n) is 4.78. The van der Waals surface area contributed by atoms with Gasteiger partial charge in [0.1, 0.15) is 5.75 Å². The van der Waals surface area contributed by atoms with Gasteiger partial charge in [-0.2, -0.15) is 0 Å². The highest BCUT2D eigenvalue weighted by Crippen LogP contribution is 2.26. The molecule has 0 unspecified atom stereocenters. The molecule has 0 bridgehead atoms. The standard InChI is InChI=1S/C17H19NO5S/c1-3-22-16-8-6-5-7-15(16)18-24(20,21)14-11-9-13(10-12-14)17(19)23-4-2/h5-12,18H,3-4H2,1-2H3. The van der Waals surface area contributed by atoms with E-state index in [4.69, 9.17) is 9.47 Å². The van der Waals surface area contributed by atoms with E-state index >= 15 is 0 Å². The van der Waals surface area contributed by atoms with Crippen LogP contribution in [0.25, 0.3) is 0 Å². The average Bonchev–Trinajstić information content (AvgIpc) is 2.57. The minimum atomic E-state index is -3.79. The monoisotopic (exact) mass is 349 g/mol. The van der Waals surface area contributed by atoms with Crippen molar-refractivity contribution in [1.29, 1.82) is 0 Å². The number of hydrogen-bond acceptors (Lipinski definition) is 5. The maximum atomic E-state index is 12.5. The van der Waals surface area contributed by atoms with Crippen LogP contribution in [0.1, 0.15) is 24.2 Å². The summed E-state index contributed by atoms with van der Waals surface area (Å²) in [7, 11) is -3.79. The van der Waals surface area contributed by atoms with Crippen molar-refractivity contribution in [2.75, 3.05) is 17.9 Å². The van der Waals surface area contributed by atoms with Crippen LogP contribution in [0.3, 0.4) is 0 Å². The summed E-state index contributed by atoms with van der Waals surface area (Å²) in [5, 5.41) is 0. The van der Waals surface area contributed by atoms with Gasteiger partial charge in [0.05, 0.1) is 29.4 Å². The Morgan fingerprint density at radius 1 is 1.00 bits per heavy atom. The van der Waals surface area contributed by atoms with Gasteiger partial charge in [-0.1, -0.05) is 12.1 Å². The molecule has 2 aromatic carbocycles. The summed E-state index contributed by atoms with van der Waals surface area (Å²) in [5.41, 5.74) is 0.652. The number of anilines is 1. The number of ether oxygens (including phenoxy) is 2. The lowest BCUT2D eigenvalue weighted by Crippen LogP contribution is -2.14. The highest BCUT2D eigenvalue weighted by atomic mass is 32.2. The molecular weight excluding hydrogens is 330 g/mol. The Bertz CT molecular complexity index is 800. The summed E-state index contributed by atoms with van der Waals surface area (Å²) in [4.78, 5) is 11.7. The molecule has 0 aromatic heterocycles. The zero-order chi connectivity index (χ0) is 17.6. The summed E-state index contributed by atoms with van der Waals surface area (Å²) in [5.74, 6) is -0.0391. The second-order valence-corrected chi connectivity index (χ2v) is 6.46. The summed E-state index contributed by atoms with van der Waals surface area (Å²) in [6, 6.07) is 12.3. The molecule has 24 heavy (non-hydrogen) atoms. The molecule has 0 amide bonds. The SMILES string of the molecule is CCOC(=O)c1ccc(S(=O)(=O)Nc2ccccc2OCC)cc1. The van der Waals surface area contributed by atoms with Crippen molar-refractivity contribution in [3.63, 3.8) is 0 Å². The van der Waals surface area contributed by atoms with E-state index in [1.165, 1.54) is 24.3 Å². The van der Waals surface area contributed by atoms with Crippen molar-refractivity contribution >= 4 is 21.7 Å². The first-order valence-corrected chi connectivity index (χ1v) is 8.98. The fraction of sp³-hybridized carbons (Fsp3) is 0.235. The zero-order valence-electron chi connectivity index (χ0n) is 13.5. The van der Waals surface area contributed by atoms with Gasteiger partial charge >= 0.3 is 5.97 Å². The zero-order valence-corrected chi connectivity index (χ0v) is 14.3. The van der Waals surface area contributed by atoms with Crippen LogP contribution in [-0.2, 0) is 14.8 Å². The normalized spacial score (nSPS) is 10.9. The number of benzene rings is 2. The number of nitrogens with one attached hydrogen (secondary N) is 1. The molecule has 0 saturated heterocycles. The predicted octanol–water partition coefficient (Wildman–Crippen LogP) is 3.06. The van der Waals surface area contributed by atoms with Gasteiger partial charge in [-0.05, 0) is 50.2 Å². The minimum absolute atomic E-state index is 0.0434. The first kappa shape index (κ1) is 17.8. The fourth-order valence-electron chi connectivity index (χ4n) is 2.02. The number of rotatable bonds is 7. The van der Waals surface area contributed by atoms with E-state index in [1.807, 2.05) is 6.92 Å². The van der Waals surface area contributed by atoms with Gasteiger partial charge in [0, 0.05) is 0 Å². The molecule has 0 aliphatic carbocycles. The molecule has 0 atom stereocenters. The minimum Gasteiger partial charge on any atom is -0.492 e. The van der Waals surface area contributed by atoms with Crippen LogP contribution in [0.2, 0.25) is 0 Å². The predicted molar refractivity (Wildman–Crippen MR) is 90.8 cm³/mol. The quantitative estimate of drug-likeness (QED) is 0.777. The van der Waals surface area contributed by atoms with Gasteiger partial charge in [-0.15, -0.1) is 0 Å². The number of carbonyl (C=O) groups is 1.